The molecule has 0 aromatic carbocycles. The maximum absolute atomic E-state index is 10.7. The number of carboxylic acid groups (broad SMARTS) is 1. The quantitative estimate of drug-likeness (QED) is 0.868. The third-order valence-corrected chi connectivity index (χ3v) is 2.30. The molecule has 1 heterocycles. The Morgan fingerprint density at radius 3 is 2.77 bits per heavy atom. The van der Waals surface area contributed by atoms with Crippen LogP contribution < -0.4 is 0 Å². The Hall–Kier alpha value is -0.900. The molecule has 0 radical (unpaired) electrons. The molecule has 1 N–H and O–H groups in total. The number of carboxylic acids is 1. The zero-order chi connectivity index (χ0) is 10.0. The van der Waals surface area contributed by atoms with Gasteiger partial charge in [0.15, 0.2) is 0 Å². The Labute approximate surface area is 84.9 Å². The lowest BCUT2D eigenvalue weighted by Gasteiger charge is -2.08. The molecular formula is C9H10BrNO2. The molecule has 4 heteroatoms. The predicted molar refractivity (Wildman–Crippen MR) is 52.7 cm³/mol. The van der Waals surface area contributed by atoms with Crippen molar-refractivity contribution in [2.45, 2.75) is 19.8 Å². The largest absolute Gasteiger partial charge is 0.481 e. The average molecular weight is 244 g/mol. The average Bonchev–Trinajstić information content (AvgIpc) is 2.03. The third kappa shape index (κ3) is 2.28. The summed E-state index contributed by atoms with van der Waals surface area (Å²) < 4.78 is 0.867. The molecule has 0 bridgehead atoms. The molecule has 1 rings (SSSR count). The summed E-state index contributed by atoms with van der Waals surface area (Å²) in [5, 5.41) is 8.78. The van der Waals surface area contributed by atoms with Gasteiger partial charge in [0, 0.05) is 10.7 Å². The predicted octanol–water partition coefficient (Wildman–Crippen LogP) is 2.34. The Morgan fingerprint density at radius 1 is 1.69 bits per heavy atom. The highest BCUT2D eigenvalue weighted by atomic mass is 79.9. The lowest BCUT2D eigenvalue weighted by Crippen LogP contribution is -2.10. The highest BCUT2D eigenvalue weighted by molar-refractivity contribution is 9.10. The van der Waals surface area contributed by atoms with Crippen molar-refractivity contribution in [1.82, 2.24) is 4.98 Å². The Kier molecular flexibility index (Phi) is 3.03. The van der Waals surface area contributed by atoms with Crippen molar-refractivity contribution in [3.8, 4) is 0 Å². The molecule has 3 nitrogen and oxygen atoms in total. The summed E-state index contributed by atoms with van der Waals surface area (Å²) in [6.07, 6.45) is 1.61. The van der Waals surface area contributed by atoms with Gasteiger partial charge in [-0.1, -0.05) is 0 Å². The van der Waals surface area contributed by atoms with Crippen molar-refractivity contribution in [1.29, 1.82) is 0 Å². The second kappa shape index (κ2) is 3.87. The van der Waals surface area contributed by atoms with Gasteiger partial charge in [-0.3, -0.25) is 9.78 Å². The van der Waals surface area contributed by atoms with Crippen molar-refractivity contribution < 1.29 is 9.90 Å². The first kappa shape index (κ1) is 10.2. The molecule has 1 aromatic heterocycles. The van der Waals surface area contributed by atoms with Crippen LogP contribution >= 0.6 is 15.9 Å². The molecule has 0 spiro atoms. The summed E-state index contributed by atoms with van der Waals surface area (Å²) in [6.45, 7) is 3.48. The zero-order valence-electron chi connectivity index (χ0n) is 7.41. The van der Waals surface area contributed by atoms with Gasteiger partial charge < -0.3 is 5.11 Å². The topological polar surface area (TPSA) is 50.2 Å². The number of hydrogen-bond acceptors (Lipinski definition) is 2. The van der Waals surface area contributed by atoms with Crippen LogP contribution in [0.2, 0.25) is 0 Å². The van der Waals surface area contributed by atoms with Gasteiger partial charge in [-0.2, -0.15) is 0 Å². The van der Waals surface area contributed by atoms with Crippen LogP contribution in [-0.4, -0.2) is 16.1 Å². The molecule has 13 heavy (non-hydrogen) atoms. The molecular weight excluding hydrogens is 234 g/mol. The molecule has 0 aliphatic heterocycles. The van der Waals surface area contributed by atoms with Gasteiger partial charge >= 0.3 is 5.97 Å². The van der Waals surface area contributed by atoms with Crippen LogP contribution in [0.4, 0.5) is 0 Å². The van der Waals surface area contributed by atoms with Crippen molar-refractivity contribution in [2.75, 3.05) is 0 Å². The smallest absolute Gasteiger partial charge is 0.312 e. The normalized spacial score (nSPS) is 12.5. The number of hydrogen-bond donors (Lipinski definition) is 1. The summed E-state index contributed by atoms with van der Waals surface area (Å²) in [7, 11) is 0. The molecule has 0 fully saturated rings. The highest BCUT2D eigenvalue weighted by Crippen LogP contribution is 2.20. The molecule has 1 unspecified atom stereocenters. The number of aromatic nitrogens is 1. The Morgan fingerprint density at radius 2 is 2.31 bits per heavy atom. The minimum Gasteiger partial charge on any atom is -0.481 e. The van der Waals surface area contributed by atoms with E-state index in [0.717, 1.165) is 10.0 Å². The van der Waals surface area contributed by atoms with Gasteiger partial charge in [0.2, 0.25) is 0 Å². The van der Waals surface area contributed by atoms with Gasteiger partial charge in [-0.15, -0.1) is 0 Å². The van der Waals surface area contributed by atoms with E-state index >= 15 is 0 Å². The van der Waals surface area contributed by atoms with Gasteiger partial charge in [-0.25, -0.2) is 0 Å². The van der Waals surface area contributed by atoms with E-state index in [9.17, 15) is 4.79 Å². The van der Waals surface area contributed by atoms with Crippen LogP contribution in [0.25, 0.3) is 0 Å². The van der Waals surface area contributed by atoms with Gasteiger partial charge in [0.25, 0.3) is 0 Å². The van der Waals surface area contributed by atoms with E-state index in [4.69, 9.17) is 5.11 Å². The second-order valence-electron chi connectivity index (χ2n) is 2.92. The molecule has 70 valence electrons. The van der Waals surface area contributed by atoms with Crippen LogP contribution in [-0.2, 0) is 4.79 Å². The number of nitrogens with zero attached hydrogens (tertiary/aromatic N) is 1. The lowest BCUT2D eigenvalue weighted by molar-refractivity contribution is -0.138. The summed E-state index contributed by atoms with van der Waals surface area (Å²) in [5.41, 5.74) is 1.51. The monoisotopic (exact) mass is 243 g/mol. The van der Waals surface area contributed by atoms with E-state index in [0.29, 0.717) is 5.69 Å². The molecule has 0 saturated heterocycles. The first-order chi connectivity index (χ1) is 6.02. The first-order valence-electron chi connectivity index (χ1n) is 3.87. The number of rotatable bonds is 2. The van der Waals surface area contributed by atoms with E-state index in [2.05, 4.69) is 20.9 Å². The molecule has 0 saturated carbocycles. The van der Waals surface area contributed by atoms with E-state index in [1.807, 2.05) is 13.0 Å². The minimum absolute atomic E-state index is 0.548. The van der Waals surface area contributed by atoms with Crippen molar-refractivity contribution >= 4 is 21.9 Å². The van der Waals surface area contributed by atoms with Gasteiger partial charge in [-0.05, 0) is 41.4 Å². The minimum atomic E-state index is -0.849. The van der Waals surface area contributed by atoms with Gasteiger partial charge in [0.05, 0.1) is 11.6 Å². The number of aliphatic carboxylic acids is 1. The van der Waals surface area contributed by atoms with Gasteiger partial charge in [0.1, 0.15) is 0 Å². The summed E-state index contributed by atoms with van der Waals surface area (Å²) in [4.78, 5) is 14.8. The van der Waals surface area contributed by atoms with E-state index in [1.54, 1.807) is 13.1 Å². The Balaban J connectivity index is 3.08. The van der Waals surface area contributed by atoms with E-state index in [1.165, 1.54) is 0 Å². The van der Waals surface area contributed by atoms with E-state index in [-0.39, 0.29) is 0 Å². The van der Waals surface area contributed by atoms with Crippen LogP contribution in [0, 0.1) is 6.92 Å². The zero-order valence-corrected chi connectivity index (χ0v) is 9.00. The fourth-order valence-electron chi connectivity index (χ4n) is 1.12. The van der Waals surface area contributed by atoms with Crippen LogP contribution in [0.15, 0.2) is 16.7 Å². The SMILES string of the molecule is Cc1cc(Br)cnc1C(C)C(=O)O. The third-order valence-electron chi connectivity index (χ3n) is 1.87. The summed E-state index contributed by atoms with van der Waals surface area (Å²) in [6, 6.07) is 1.86. The number of halogens is 1. The number of carbonyl (C=O) groups is 1. The second-order valence-corrected chi connectivity index (χ2v) is 3.83. The highest BCUT2D eigenvalue weighted by Gasteiger charge is 2.17. The van der Waals surface area contributed by atoms with Crippen LogP contribution in [0.3, 0.4) is 0 Å². The summed E-state index contributed by atoms with van der Waals surface area (Å²) >= 11 is 3.27. The summed E-state index contributed by atoms with van der Waals surface area (Å²) in [5.74, 6) is -1.40. The van der Waals surface area contributed by atoms with Crippen molar-refractivity contribution in [2.24, 2.45) is 0 Å². The van der Waals surface area contributed by atoms with Crippen molar-refractivity contribution in [3.63, 3.8) is 0 Å². The maximum atomic E-state index is 10.7. The first-order valence-corrected chi connectivity index (χ1v) is 4.66. The fourth-order valence-corrected chi connectivity index (χ4v) is 1.57. The maximum Gasteiger partial charge on any atom is 0.312 e. The van der Waals surface area contributed by atoms with Crippen molar-refractivity contribution in [3.05, 3.63) is 28.0 Å². The fraction of sp³-hybridized carbons (Fsp3) is 0.333. The van der Waals surface area contributed by atoms with Crippen LogP contribution in [0.5, 0.6) is 0 Å². The molecule has 0 aliphatic rings. The number of pyridine rings is 1. The Bertz CT molecular complexity index is 338. The lowest BCUT2D eigenvalue weighted by atomic mass is 10.0. The van der Waals surface area contributed by atoms with Crippen LogP contribution in [0.1, 0.15) is 24.1 Å². The molecule has 0 aliphatic carbocycles. The number of aryl methyl sites for hydroxylation is 1. The standard InChI is InChI=1S/C9H10BrNO2/c1-5-3-7(10)4-11-8(5)6(2)9(12)13/h3-4,6H,1-2H3,(H,12,13). The molecule has 0 amide bonds. The van der Waals surface area contributed by atoms with E-state index < -0.39 is 11.9 Å². The molecule has 1 aromatic rings. The molecule has 1 atom stereocenters.